The predicted octanol–water partition coefficient (Wildman–Crippen LogP) is 3.68. The fourth-order valence-corrected chi connectivity index (χ4v) is 1.60. The first-order chi connectivity index (χ1) is 6.06. The van der Waals surface area contributed by atoms with Crippen molar-refractivity contribution < 1.29 is 4.39 Å². The lowest BCUT2D eigenvalue weighted by atomic mass is 9.93. The van der Waals surface area contributed by atoms with Crippen molar-refractivity contribution in [2.75, 3.05) is 6.67 Å². The smallest absolute Gasteiger partial charge is 0.0960 e. The van der Waals surface area contributed by atoms with Crippen LogP contribution in [0.2, 0.25) is 0 Å². The minimum atomic E-state index is -0.274. The molecule has 1 rings (SSSR count). The van der Waals surface area contributed by atoms with Crippen LogP contribution < -0.4 is 0 Å². The highest BCUT2D eigenvalue weighted by Gasteiger charge is 2.09. The first-order valence-electron chi connectivity index (χ1n) is 4.70. The zero-order valence-corrected chi connectivity index (χ0v) is 8.82. The molecule has 0 aliphatic carbocycles. The van der Waals surface area contributed by atoms with E-state index >= 15 is 0 Å². The van der Waals surface area contributed by atoms with Gasteiger partial charge in [0.2, 0.25) is 0 Å². The minimum absolute atomic E-state index is 0.0271. The molecular formula is C12H17F. The van der Waals surface area contributed by atoms with Gasteiger partial charge in [0.05, 0.1) is 6.67 Å². The second-order valence-electron chi connectivity index (χ2n) is 3.85. The van der Waals surface area contributed by atoms with Crippen LogP contribution in [-0.4, -0.2) is 6.67 Å². The maximum Gasteiger partial charge on any atom is 0.0960 e. The lowest BCUT2D eigenvalue weighted by molar-refractivity contribution is 0.446. The zero-order valence-electron chi connectivity index (χ0n) is 8.82. The molecule has 1 aromatic carbocycles. The first kappa shape index (κ1) is 10.2. The SMILES string of the molecule is Cc1cc(C)c(C(C)CF)cc1C. The van der Waals surface area contributed by atoms with Crippen LogP contribution in [0.15, 0.2) is 12.1 Å². The molecule has 0 aromatic heterocycles. The number of hydrogen-bond acceptors (Lipinski definition) is 0. The molecule has 1 unspecified atom stereocenters. The van der Waals surface area contributed by atoms with Gasteiger partial charge in [0.15, 0.2) is 0 Å². The van der Waals surface area contributed by atoms with Crippen LogP contribution in [0, 0.1) is 20.8 Å². The average molecular weight is 180 g/mol. The number of benzene rings is 1. The first-order valence-corrected chi connectivity index (χ1v) is 4.70. The fraction of sp³-hybridized carbons (Fsp3) is 0.500. The number of aryl methyl sites for hydroxylation is 3. The lowest BCUT2D eigenvalue weighted by Crippen LogP contribution is -2.00. The Morgan fingerprint density at radius 3 is 2.15 bits per heavy atom. The van der Waals surface area contributed by atoms with Crippen molar-refractivity contribution in [2.24, 2.45) is 0 Å². The van der Waals surface area contributed by atoms with Gasteiger partial charge in [0.1, 0.15) is 0 Å². The van der Waals surface area contributed by atoms with E-state index in [4.69, 9.17) is 0 Å². The van der Waals surface area contributed by atoms with Crippen LogP contribution in [-0.2, 0) is 0 Å². The summed E-state index contributed by atoms with van der Waals surface area (Å²) in [5.74, 6) is 0.0271. The topological polar surface area (TPSA) is 0 Å². The third-order valence-electron chi connectivity index (χ3n) is 2.64. The van der Waals surface area contributed by atoms with Crippen molar-refractivity contribution in [2.45, 2.75) is 33.6 Å². The highest BCUT2D eigenvalue weighted by Crippen LogP contribution is 2.23. The van der Waals surface area contributed by atoms with Crippen molar-refractivity contribution in [1.29, 1.82) is 0 Å². The summed E-state index contributed by atoms with van der Waals surface area (Å²) in [5.41, 5.74) is 4.88. The van der Waals surface area contributed by atoms with E-state index in [-0.39, 0.29) is 12.6 Å². The molecule has 0 N–H and O–H groups in total. The molecule has 0 heterocycles. The van der Waals surface area contributed by atoms with E-state index in [9.17, 15) is 4.39 Å². The Bertz CT molecular complexity index is 302. The van der Waals surface area contributed by atoms with Gasteiger partial charge in [-0.1, -0.05) is 19.1 Å². The molecule has 0 aliphatic heterocycles. The van der Waals surface area contributed by atoms with E-state index in [0.717, 1.165) is 5.56 Å². The Morgan fingerprint density at radius 1 is 1.08 bits per heavy atom. The Morgan fingerprint density at radius 2 is 1.62 bits per heavy atom. The summed E-state index contributed by atoms with van der Waals surface area (Å²) in [6.45, 7) is 7.86. The van der Waals surface area contributed by atoms with Gasteiger partial charge >= 0.3 is 0 Å². The van der Waals surface area contributed by atoms with Crippen LogP contribution in [0.4, 0.5) is 4.39 Å². The number of hydrogen-bond donors (Lipinski definition) is 0. The van der Waals surface area contributed by atoms with Crippen LogP contribution in [0.3, 0.4) is 0 Å². The molecule has 1 aromatic rings. The summed E-state index contributed by atoms with van der Waals surface area (Å²) in [6.07, 6.45) is 0. The fourth-order valence-electron chi connectivity index (χ4n) is 1.60. The van der Waals surface area contributed by atoms with E-state index in [1.54, 1.807) is 0 Å². The molecular weight excluding hydrogens is 163 g/mol. The van der Waals surface area contributed by atoms with Crippen molar-refractivity contribution in [3.63, 3.8) is 0 Å². The molecule has 0 radical (unpaired) electrons. The molecule has 1 heteroatoms. The highest BCUT2D eigenvalue weighted by molar-refractivity contribution is 5.38. The Balaban J connectivity index is 3.15. The molecule has 13 heavy (non-hydrogen) atoms. The molecule has 72 valence electrons. The van der Waals surface area contributed by atoms with E-state index in [0.29, 0.717) is 0 Å². The molecule has 0 aliphatic rings. The summed E-state index contributed by atoms with van der Waals surface area (Å²) >= 11 is 0. The molecule has 0 saturated carbocycles. The van der Waals surface area contributed by atoms with Crippen LogP contribution in [0.5, 0.6) is 0 Å². The summed E-state index contributed by atoms with van der Waals surface area (Å²) in [6, 6.07) is 4.24. The van der Waals surface area contributed by atoms with Crippen LogP contribution in [0.25, 0.3) is 0 Å². The van der Waals surface area contributed by atoms with Gasteiger partial charge in [-0.15, -0.1) is 0 Å². The van der Waals surface area contributed by atoms with Crippen LogP contribution in [0.1, 0.15) is 35.1 Å². The molecule has 0 amide bonds. The monoisotopic (exact) mass is 180 g/mol. The molecule has 1 atom stereocenters. The number of alkyl halides is 1. The van der Waals surface area contributed by atoms with Crippen molar-refractivity contribution in [1.82, 2.24) is 0 Å². The summed E-state index contributed by atoms with van der Waals surface area (Å²) in [5, 5.41) is 0. The van der Waals surface area contributed by atoms with Gasteiger partial charge in [0.25, 0.3) is 0 Å². The molecule has 0 bridgehead atoms. The van der Waals surface area contributed by atoms with E-state index in [1.165, 1.54) is 16.7 Å². The predicted molar refractivity (Wildman–Crippen MR) is 55.0 cm³/mol. The quantitative estimate of drug-likeness (QED) is 0.651. The van der Waals surface area contributed by atoms with Crippen molar-refractivity contribution >= 4 is 0 Å². The molecule has 0 fully saturated rings. The zero-order chi connectivity index (χ0) is 10.0. The van der Waals surface area contributed by atoms with Gasteiger partial charge in [-0.05, 0) is 43.0 Å². The summed E-state index contributed by atoms with van der Waals surface area (Å²) < 4.78 is 12.5. The number of rotatable bonds is 2. The molecule has 0 saturated heterocycles. The van der Waals surface area contributed by atoms with Gasteiger partial charge in [-0.25, -0.2) is 0 Å². The average Bonchev–Trinajstić information content (AvgIpc) is 2.10. The van der Waals surface area contributed by atoms with Crippen LogP contribution >= 0.6 is 0 Å². The van der Waals surface area contributed by atoms with E-state index in [2.05, 4.69) is 26.0 Å². The minimum Gasteiger partial charge on any atom is -0.250 e. The summed E-state index contributed by atoms with van der Waals surface area (Å²) in [7, 11) is 0. The maximum atomic E-state index is 12.5. The third kappa shape index (κ3) is 2.09. The van der Waals surface area contributed by atoms with Crippen molar-refractivity contribution in [3.05, 3.63) is 34.4 Å². The Hall–Kier alpha value is -0.850. The largest absolute Gasteiger partial charge is 0.250 e. The lowest BCUT2D eigenvalue weighted by Gasteiger charge is -2.13. The van der Waals surface area contributed by atoms with E-state index < -0.39 is 0 Å². The molecule has 0 spiro atoms. The summed E-state index contributed by atoms with van der Waals surface area (Å²) in [4.78, 5) is 0. The van der Waals surface area contributed by atoms with E-state index in [1.807, 2.05) is 13.8 Å². The van der Waals surface area contributed by atoms with Gasteiger partial charge in [0, 0.05) is 5.92 Å². The molecule has 0 nitrogen and oxygen atoms in total. The second-order valence-corrected chi connectivity index (χ2v) is 3.85. The Labute approximate surface area is 79.8 Å². The Kier molecular flexibility index (Phi) is 3.07. The van der Waals surface area contributed by atoms with Crippen molar-refractivity contribution in [3.8, 4) is 0 Å². The maximum absolute atomic E-state index is 12.5. The highest BCUT2D eigenvalue weighted by atomic mass is 19.1. The van der Waals surface area contributed by atoms with Gasteiger partial charge in [-0.2, -0.15) is 0 Å². The normalized spacial score (nSPS) is 13.0. The van der Waals surface area contributed by atoms with Gasteiger partial charge < -0.3 is 0 Å². The van der Waals surface area contributed by atoms with Gasteiger partial charge in [-0.3, -0.25) is 4.39 Å². The second kappa shape index (κ2) is 3.91. The number of halogens is 1. The third-order valence-corrected chi connectivity index (χ3v) is 2.64. The standard InChI is InChI=1S/C12H17F/c1-8-5-10(3)12(6-9(8)2)11(4)7-13/h5-6,11H,7H2,1-4H3.